The van der Waals surface area contributed by atoms with Crippen LogP contribution in [0.15, 0.2) is 40.0 Å². The molecule has 3 fully saturated rings. The lowest BCUT2D eigenvalue weighted by atomic mass is 9.79. The van der Waals surface area contributed by atoms with Gasteiger partial charge in [0.2, 0.25) is 11.5 Å². The van der Waals surface area contributed by atoms with E-state index in [0.717, 1.165) is 12.5 Å². The van der Waals surface area contributed by atoms with E-state index in [0.29, 0.717) is 99.6 Å². The van der Waals surface area contributed by atoms with E-state index < -0.39 is 22.8 Å². The summed E-state index contributed by atoms with van der Waals surface area (Å²) in [6.07, 6.45) is 6.69. The Morgan fingerprint density at radius 2 is 1.85 bits per heavy atom. The van der Waals surface area contributed by atoms with Crippen molar-refractivity contribution in [2.45, 2.75) is 110 Å². The van der Waals surface area contributed by atoms with E-state index in [4.69, 9.17) is 9.73 Å². The van der Waals surface area contributed by atoms with Crippen LogP contribution >= 0.6 is 0 Å². The van der Waals surface area contributed by atoms with Gasteiger partial charge in [-0.25, -0.2) is 23.7 Å². The summed E-state index contributed by atoms with van der Waals surface area (Å²) in [7, 11) is 0. The van der Waals surface area contributed by atoms with Crippen molar-refractivity contribution in [1.82, 2.24) is 29.3 Å². The highest BCUT2D eigenvalue weighted by atomic mass is 19.3. The Balaban J connectivity index is 1.40. The van der Waals surface area contributed by atoms with Crippen molar-refractivity contribution in [2.24, 2.45) is 10.4 Å². The van der Waals surface area contributed by atoms with Gasteiger partial charge < -0.3 is 29.5 Å². The molecule has 1 atom stereocenters. The summed E-state index contributed by atoms with van der Waals surface area (Å²) in [6, 6.07) is -0.306. The van der Waals surface area contributed by atoms with Gasteiger partial charge in [-0.2, -0.15) is 0 Å². The number of nitrogens with one attached hydrogen (secondary N) is 1. The van der Waals surface area contributed by atoms with Crippen LogP contribution in [0.3, 0.4) is 0 Å². The minimum atomic E-state index is -2.84. The first-order chi connectivity index (χ1) is 25.1. The van der Waals surface area contributed by atoms with Gasteiger partial charge in [0.25, 0.3) is 17.4 Å². The number of ether oxygens (including phenoxy) is 1. The number of aromatic nitrogens is 4. The first-order valence-electron chi connectivity index (χ1n) is 18.8. The van der Waals surface area contributed by atoms with Crippen LogP contribution in [0, 0.1) is 12.3 Å². The third kappa shape index (κ3) is 7.16. The number of aromatic hydroxyl groups is 1. The molecule has 2 N–H and O–H groups in total. The SMILES string of the molecule is C=C(N=c1n(CC(=O)NC23CCC(C(C)(F)F)(CC2)C3)c(CC)c(N2CCN(C(=O)c3ncnc(C)c3O)CC2)c(=O)n1C(C)CC)C1=CCOCC1. The van der Waals surface area contributed by atoms with E-state index in [9.17, 15) is 28.3 Å². The number of amides is 2. The van der Waals surface area contributed by atoms with Crippen molar-refractivity contribution in [3.8, 4) is 5.75 Å². The Labute approximate surface area is 308 Å². The highest BCUT2D eigenvalue weighted by molar-refractivity contribution is 5.95. The Bertz CT molecular complexity index is 1930. The standard InChI is InChI=1S/C38H52F2N8O5/c1-7-24(3)48-34(52)31(45-15-17-46(18-16-45)33(51)30-32(50)26(5)41-23-42-30)28(8-2)47(35(48)43-25(4)27-9-19-53-20-10-27)21-29(49)44-38-13-11-37(22-38,12-14-38)36(6,39)40/h9,23-24,50H,4,7-8,10-22H2,1-3,5-6H3,(H,44,49). The fraction of sp³-hybridized carbons (Fsp3) is 0.632. The number of aryl methyl sites for hydroxylation is 1. The lowest BCUT2D eigenvalue weighted by Gasteiger charge is -2.37. The van der Waals surface area contributed by atoms with Crippen LogP contribution in [0.5, 0.6) is 5.75 Å². The fourth-order valence-electron chi connectivity index (χ4n) is 8.58. The molecule has 2 bridgehead atoms. The molecule has 6 rings (SSSR count). The van der Waals surface area contributed by atoms with Crippen molar-refractivity contribution < 1.29 is 28.2 Å². The first kappa shape index (κ1) is 38.3. The van der Waals surface area contributed by atoms with Crippen LogP contribution in [0.25, 0.3) is 0 Å². The molecule has 1 saturated heterocycles. The largest absolute Gasteiger partial charge is 0.504 e. The van der Waals surface area contributed by atoms with Crippen LogP contribution in [0.4, 0.5) is 14.5 Å². The summed E-state index contributed by atoms with van der Waals surface area (Å²) in [5.74, 6) is -3.85. The number of alkyl halides is 2. The number of carbonyl (C=O) groups is 2. The number of hydrogen-bond acceptors (Lipinski definition) is 9. The van der Waals surface area contributed by atoms with E-state index >= 15 is 0 Å². The lowest BCUT2D eigenvalue weighted by molar-refractivity contribution is -0.123. The third-order valence-electron chi connectivity index (χ3n) is 12.0. The van der Waals surface area contributed by atoms with Gasteiger partial charge in [0, 0.05) is 43.2 Å². The summed E-state index contributed by atoms with van der Waals surface area (Å²) in [5.41, 5.74) is 0.860. The Hall–Kier alpha value is -4.40. The summed E-state index contributed by atoms with van der Waals surface area (Å²) in [6.45, 7) is 14.6. The maximum Gasteiger partial charge on any atom is 0.278 e. The first-order valence-corrected chi connectivity index (χ1v) is 18.8. The van der Waals surface area contributed by atoms with Gasteiger partial charge in [0.1, 0.15) is 18.6 Å². The second kappa shape index (κ2) is 14.8. The van der Waals surface area contributed by atoms with Gasteiger partial charge >= 0.3 is 0 Å². The molecule has 2 aromatic rings. The molecule has 0 radical (unpaired) electrons. The molecule has 4 aliphatic rings. The third-order valence-corrected chi connectivity index (χ3v) is 12.0. The van der Waals surface area contributed by atoms with Gasteiger partial charge in [0.05, 0.1) is 30.3 Å². The second-order valence-corrected chi connectivity index (χ2v) is 15.2. The Morgan fingerprint density at radius 3 is 2.43 bits per heavy atom. The molecular formula is C38H52F2N8O5. The molecule has 0 aromatic carbocycles. The van der Waals surface area contributed by atoms with Crippen LogP contribution in [-0.2, 0) is 22.5 Å². The molecule has 15 heteroatoms. The Morgan fingerprint density at radius 1 is 1.15 bits per heavy atom. The van der Waals surface area contributed by atoms with Crippen LogP contribution in [0.2, 0.25) is 0 Å². The topological polar surface area (TPSA) is 147 Å². The number of anilines is 1. The van der Waals surface area contributed by atoms with E-state index in [1.54, 1.807) is 21.0 Å². The maximum atomic E-state index is 14.8. The van der Waals surface area contributed by atoms with Crippen molar-refractivity contribution in [3.63, 3.8) is 0 Å². The summed E-state index contributed by atoms with van der Waals surface area (Å²) < 4.78 is 38.5. The van der Waals surface area contributed by atoms with Crippen molar-refractivity contribution in [1.29, 1.82) is 0 Å². The van der Waals surface area contributed by atoms with E-state index in [1.807, 2.05) is 31.7 Å². The van der Waals surface area contributed by atoms with Crippen molar-refractivity contribution >= 4 is 17.5 Å². The molecule has 2 saturated carbocycles. The number of rotatable bonds is 11. The molecule has 2 aliphatic heterocycles. The molecular weight excluding hydrogens is 686 g/mol. The Kier molecular flexibility index (Phi) is 10.7. The molecule has 288 valence electrons. The van der Waals surface area contributed by atoms with Gasteiger partial charge in [0.15, 0.2) is 11.4 Å². The predicted octanol–water partition coefficient (Wildman–Crippen LogP) is 4.19. The van der Waals surface area contributed by atoms with Crippen molar-refractivity contribution in [2.75, 3.05) is 44.3 Å². The molecule has 2 aromatic heterocycles. The minimum absolute atomic E-state index is 0.0714. The number of carbonyl (C=O) groups excluding carboxylic acids is 2. The molecule has 0 spiro atoms. The van der Waals surface area contributed by atoms with Crippen LogP contribution in [-0.4, -0.2) is 91.8 Å². The average molecular weight is 739 g/mol. The highest BCUT2D eigenvalue weighted by Crippen LogP contribution is 2.62. The lowest BCUT2D eigenvalue weighted by Crippen LogP contribution is -2.54. The van der Waals surface area contributed by atoms with E-state index in [1.165, 1.54) is 6.33 Å². The number of hydrogen-bond donors (Lipinski definition) is 2. The van der Waals surface area contributed by atoms with E-state index in [2.05, 4.69) is 21.9 Å². The molecule has 2 amide bonds. The van der Waals surface area contributed by atoms with Gasteiger partial charge in [-0.3, -0.25) is 19.0 Å². The average Bonchev–Trinajstić information content (AvgIpc) is 3.71. The second-order valence-electron chi connectivity index (χ2n) is 15.2. The molecule has 13 nitrogen and oxygen atoms in total. The maximum absolute atomic E-state index is 14.8. The zero-order chi connectivity index (χ0) is 38.3. The van der Waals surface area contributed by atoms with Crippen LogP contribution < -0.4 is 21.4 Å². The summed E-state index contributed by atoms with van der Waals surface area (Å²) in [4.78, 5) is 58.8. The number of allylic oxidation sites excluding steroid dienone is 1. The molecule has 53 heavy (non-hydrogen) atoms. The summed E-state index contributed by atoms with van der Waals surface area (Å²) >= 11 is 0. The van der Waals surface area contributed by atoms with Gasteiger partial charge in [-0.15, -0.1) is 0 Å². The fourth-order valence-corrected chi connectivity index (χ4v) is 8.58. The zero-order valence-electron chi connectivity index (χ0n) is 31.5. The predicted molar refractivity (Wildman–Crippen MR) is 195 cm³/mol. The number of nitrogens with zero attached hydrogens (tertiary/aromatic N) is 7. The van der Waals surface area contributed by atoms with Gasteiger partial charge in [-0.1, -0.05) is 26.5 Å². The molecule has 2 aliphatic carbocycles. The highest BCUT2D eigenvalue weighted by Gasteiger charge is 2.63. The number of piperazine rings is 1. The summed E-state index contributed by atoms with van der Waals surface area (Å²) in [5, 5.41) is 13.6. The molecule has 1 unspecified atom stereocenters. The quantitative estimate of drug-likeness (QED) is 0.349. The van der Waals surface area contributed by atoms with Gasteiger partial charge in [-0.05, 0) is 77.7 Å². The zero-order valence-corrected chi connectivity index (χ0v) is 31.5. The minimum Gasteiger partial charge on any atom is -0.504 e. The number of halogens is 2. The van der Waals surface area contributed by atoms with Crippen LogP contribution in [0.1, 0.15) is 101 Å². The smallest absolute Gasteiger partial charge is 0.278 e. The monoisotopic (exact) mass is 738 g/mol. The van der Waals surface area contributed by atoms with E-state index in [-0.39, 0.29) is 55.0 Å². The number of fused-ring (bicyclic) bond motifs is 2. The van der Waals surface area contributed by atoms with Crippen molar-refractivity contribution in [3.05, 3.63) is 63.3 Å². The normalized spacial score (nSPS) is 24.0. The molecule has 4 heterocycles.